The number of anilines is 1. The number of fused-ring (bicyclic) bond motifs is 5. The normalized spacial score (nSPS) is 15.9. The minimum Gasteiger partial charge on any atom is -0.421 e. The molecule has 1 atom stereocenters. The highest BCUT2D eigenvalue weighted by Gasteiger charge is 2.24. The van der Waals surface area contributed by atoms with Crippen LogP contribution in [0.2, 0.25) is 5.28 Å². The van der Waals surface area contributed by atoms with Crippen LogP contribution in [0.4, 0.5) is 5.69 Å². The number of hydrogen-bond acceptors (Lipinski definition) is 8. The van der Waals surface area contributed by atoms with Crippen molar-refractivity contribution in [1.82, 2.24) is 25.2 Å². The Labute approximate surface area is 200 Å². The van der Waals surface area contributed by atoms with Crippen LogP contribution in [0.25, 0.3) is 21.0 Å². The Balaban J connectivity index is 1.51. The fraction of sp³-hybridized carbons (Fsp3) is 0.304. The first kappa shape index (κ1) is 21.8. The Morgan fingerprint density at radius 1 is 1.21 bits per heavy atom. The van der Waals surface area contributed by atoms with Gasteiger partial charge >= 0.3 is 0 Å². The smallest absolute Gasteiger partial charge is 0.263 e. The summed E-state index contributed by atoms with van der Waals surface area (Å²) in [5.74, 6) is 0.709. The average molecular weight is 483 g/mol. The molecule has 1 amide bonds. The van der Waals surface area contributed by atoms with E-state index in [9.17, 15) is 4.79 Å². The largest absolute Gasteiger partial charge is 0.421 e. The fourth-order valence-electron chi connectivity index (χ4n) is 3.83. The van der Waals surface area contributed by atoms with Crippen molar-refractivity contribution in [3.05, 3.63) is 46.2 Å². The zero-order valence-electron chi connectivity index (χ0n) is 18.5. The summed E-state index contributed by atoms with van der Waals surface area (Å²) in [6.45, 7) is 6.25. The van der Waals surface area contributed by atoms with Gasteiger partial charge in [-0.2, -0.15) is 4.98 Å². The van der Waals surface area contributed by atoms with Crippen LogP contribution < -0.4 is 15.4 Å². The van der Waals surface area contributed by atoms with Gasteiger partial charge in [0.05, 0.1) is 16.9 Å². The summed E-state index contributed by atoms with van der Waals surface area (Å²) >= 11 is 7.60. The lowest BCUT2D eigenvalue weighted by Crippen LogP contribution is -2.34. The van der Waals surface area contributed by atoms with Crippen molar-refractivity contribution in [2.24, 2.45) is 0 Å². The summed E-state index contributed by atoms with van der Waals surface area (Å²) in [6, 6.07) is 9.54. The van der Waals surface area contributed by atoms with Gasteiger partial charge in [0, 0.05) is 46.7 Å². The molecule has 2 N–H and O–H groups in total. The molecule has 33 heavy (non-hydrogen) atoms. The van der Waals surface area contributed by atoms with Gasteiger partial charge < -0.3 is 20.3 Å². The van der Waals surface area contributed by atoms with E-state index in [1.54, 1.807) is 12.1 Å². The molecule has 0 saturated carbocycles. The summed E-state index contributed by atoms with van der Waals surface area (Å²) in [7, 11) is 2.01. The summed E-state index contributed by atoms with van der Waals surface area (Å²) in [6.07, 6.45) is 0. The highest BCUT2D eigenvalue weighted by Crippen LogP contribution is 2.41. The van der Waals surface area contributed by atoms with Crippen molar-refractivity contribution in [1.29, 1.82) is 0 Å². The van der Waals surface area contributed by atoms with Gasteiger partial charge in [-0.1, -0.05) is 6.92 Å². The van der Waals surface area contributed by atoms with Gasteiger partial charge in [-0.3, -0.25) is 4.79 Å². The number of carbonyl (C=O) groups is 1. The van der Waals surface area contributed by atoms with E-state index in [-0.39, 0.29) is 17.2 Å². The molecule has 1 aliphatic heterocycles. The minimum atomic E-state index is -0.0464. The van der Waals surface area contributed by atoms with E-state index < -0.39 is 0 Å². The van der Waals surface area contributed by atoms with Crippen molar-refractivity contribution in [2.45, 2.75) is 26.4 Å². The van der Waals surface area contributed by atoms with E-state index in [0.29, 0.717) is 29.7 Å². The average Bonchev–Trinajstić information content (AvgIpc) is 3.09. The van der Waals surface area contributed by atoms with E-state index in [0.717, 1.165) is 38.9 Å². The molecule has 0 radical (unpaired) electrons. The minimum absolute atomic E-state index is 0.0464. The molecule has 0 unspecified atom stereocenters. The van der Waals surface area contributed by atoms with E-state index in [1.165, 1.54) is 11.3 Å². The molecule has 170 valence electrons. The van der Waals surface area contributed by atoms with Gasteiger partial charge in [-0.25, -0.2) is 9.97 Å². The Morgan fingerprint density at radius 3 is 2.88 bits per heavy atom. The molecule has 4 aromatic rings. The van der Waals surface area contributed by atoms with Gasteiger partial charge in [0.1, 0.15) is 4.88 Å². The van der Waals surface area contributed by atoms with Crippen LogP contribution in [0.15, 0.2) is 30.3 Å². The van der Waals surface area contributed by atoms with Crippen molar-refractivity contribution >= 4 is 55.5 Å². The van der Waals surface area contributed by atoms with Gasteiger partial charge in [0.15, 0.2) is 0 Å². The van der Waals surface area contributed by atoms with E-state index in [4.69, 9.17) is 16.3 Å². The van der Waals surface area contributed by atoms with E-state index in [2.05, 4.69) is 37.4 Å². The van der Waals surface area contributed by atoms with Crippen LogP contribution >= 0.6 is 22.9 Å². The maximum Gasteiger partial charge on any atom is 0.263 e. The third kappa shape index (κ3) is 4.31. The number of thiophene rings is 1. The summed E-state index contributed by atoms with van der Waals surface area (Å²) < 4.78 is 6.97. The molecular weight excluding hydrogens is 460 g/mol. The monoisotopic (exact) mass is 482 g/mol. The van der Waals surface area contributed by atoms with Crippen molar-refractivity contribution in [2.75, 3.05) is 25.5 Å². The number of amides is 1. The van der Waals surface area contributed by atoms with Crippen LogP contribution in [0.1, 0.15) is 29.2 Å². The topological polar surface area (TPSA) is 92.3 Å². The predicted molar refractivity (Wildman–Crippen MR) is 132 cm³/mol. The molecule has 0 spiro atoms. The predicted octanol–water partition coefficient (Wildman–Crippen LogP) is 4.68. The number of hydrogen-bond donors (Lipinski definition) is 2. The Bertz CT molecular complexity index is 1370. The summed E-state index contributed by atoms with van der Waals surface area (Å²) in [5.41, 5.74) is 2.41. The number of nitrogens with zero attached hydrogens (tertiary/aromatic N) is 4. The number of carbonyl (C=O) groups excluding carboxylic acids is 1. The van der Waals surface area contributed by atoms with Gasteiger partial charge in [-0.05, 0) is 50.3 Å². The van der Waals surface area contributed by atoms with Gasteiger partial charge in [0.2, 0.25) is 17.0 Å². The van der Waals surface area contributed by atoms with E-state index >= 15 is 0 Å². The zero-order valence-corrected chi connectivity index (χ0v) is 20.0. The first-order chi connectivity index (χ1) is 15.9. The first-order valence-electron chi connectivity index (χ1n) is 10.7. The maximum atomic E-state index is 12.6. The van der Waals surface area contributed by atoms with Crippen LogP contribution in [0.3, 0.4) is 0 Å². The number of halogens is 1. The molecule has 0 fully saturated rings. The lowest BCUT2D eigenvalue weighted by molar-refractivity contribution is 0.0949. The molecule has 8 nitrogen and oxygen atoms in total. The third-order valence-corrected chi connectivity index (χ3v) is 6.90. The standard InChI is InChI=1S/C23H23ClN6O2S/c1-4-30(3)11-13-9-18(29-23(24)27-13)32-17-8-5-14-15(28-17)6-7-16-19(14)20-21(33-16)22(31)26-12(2)10-25-20/h5-9,12,25H,4,10-11H2,1-3H3,(H,26,31)/t12-/m1/s1. The second-order valence-corrected chi connectivity index (χ2v) is 9.51. The van der Waals surface area contributed by atoms with Crippen molar-refractivity contribution < 1.29 is 9.53 Å². The Hall–Kier alpha value is -3.01. The number of benzene rings is 1. The molecule has 5 rings (SSSR count). The molecule has 4 heterocycles. The van der Waals surface area contributed by atoms with Crippen LogP contribution in [-0.4, -0.2) is 51.9 Å². The molecule has 10 heteroatoms. The molecule has 0 saturated heterocycles. The van der Waals surface area contributed by atoms with Crippen LogP contribution in [0.5, 0.6) is 11.8 Å². The molecule has 1 aliphatic rings. The number of rotatable bonds is 5. The highest BCUT2D eigenvalue weighted by molar-refractivity contribution is 7.21. The lowest BCUT2D eigenvalue weighted by atomic mass is 10.1. The Kier molecular flexibility index (Phi) is 5.77. The SMILES string of the molecule is CCN(C)Cc1cc(Oc2ccc3c(ccc4sc5c(c43)NC[C@@H](C)NC5=O)n2)nc(Cl)n1. The van der Waals surface area contributed by atoms with E-state index in [1.807, 2.05) is 32.2 Å². The maximum absolute atomic E-state index is 12.6. The van der Waals surface area contributed by atoms with Crippen molar-refractivity contribution in [3.63, 3.8) is 0 Å². The first-order valence-corrected chi connectivity index (χ1v) is 11.9. The zero-order chi connectivity index (χ0) is 23.1. The van der Waals surface area contributed by atoms with Crippen molar-refractivity contribution in [3.8, 4) is 11.8 Å². The lowest BCUT2D eigenvalue weighted by Gasteiger charge is -2.14. The Morgan fingerprint density at radius 2 is 2.06 bits per heavy atom. The van der Waals surface area contributed by atoms with Crippen LogP contribution in [-0.2, 0) is 6.54 Å². The number of nitrogens with one attached hydrogen (secondary N) is 2. The molecule has 0 aliphatic carbocycles. The summed E-state index contributed by atoms with van der Waals surface area (Å²) in [5, 5.41) is 8.55. The molecule has 0 bridgehead atoms. The quantitative estimate of drug-likeness (QED) is 0.399. The number of aromatic nitrogens is 3. The fourth-order valence-corrected chi connectivity index (χ4v) is 5.12. The number of ether oxygens (including phenoxy) is 1. The highest BCUT2D eigenvalue weighted by atomic mass is 35.5. The van der Waals surface area contributed by atoms with Gasteiger partial charge in [0.25, 0.3) is 5.91 Å². The molecular formula is C23H23ClN6O2S. The third-order valence-electron chi connectivity index (χ3n) is 5.57. The number of pyridine rings is 1. The molecule has 1 aromatic carbocycles. The van der Waals surface area contributed by atoms with Gasteiger partial charge in [-0.15, -0.1) is 11.3 Å². The molecule has 3 aromatic heterocycles. The van der Waals surface area contributed by atoms with Crippen LogP contribution in [0, 0.1) is 0 Å². The second kappa shape index (κ2) is 8.74. The second-order valence-electron chi connectivity index (χ2n) is 8.12. The summed E-state index contributed by atoms with van der Waals surface area (Å²) in [4.78, 5) is 28.6.